The van der Waals surface area contributed by atoms with Crippen molar-refractivity contribution >= 4 is 40.7 Å². The molecule has 2 aliphatic carbocycles. The Balaban J connectivity index is 0.969. The maximum atomic E-state index is 13.1. The summed E-state index contributed by atoms with van der Waals surface area (Å²) in [5, 5.41) is 14.2. The van der Waals surface area contributed by atoms with Crippen LogP contribution in [0.5, 0.6) is 0 Å². The van der Waals surface area contributed by atoms with Gasteiger partial charge in [-0.25, -0.2) is 0 Å². The number of carbonyl (C=O) groups excluding carboxylic acids is 4. The van der Waals surface area contributed by atoms with Crippen LogP contribution < -0.4 is 16.0 Å². The van der Waals surface area contributed by atoms with Crippen LogP contribution in [-0.4, -0.2) is 50.9 Å². The van der Waals surface area contributed by atoms with E-state index in [1.165, 1.54) is 12.8 Å². The molecule has 2 saturated carbocycles. The lowest BCUT2D eigenvalue weighted by Crippen LogP contribution is -2.54. The number of benzene rings is 2. The minimum absolute atomic E-state index is 0.101. The highest BCUT2D eigenvalue weighted by molar-refractivity contribution is 6.23. The van der Waals surface area contributed by atoms with Crippen LogP contribution >= 0.6 is 0 Å². The lowest BCUT2D eigenvalue weighted by Gasteiger charge is -2.35. The van der Waals surface area contributed by atoms with Gasteiger partial charge in [0.2, 0.25) is 11.8 Å². The van der Waals surface area contributed by atoms with E-state index < -0.39 is 23.8 Å². The molecule has 0 radical (unpaired) electrons. The predicted molar refractivity (Wildman–Crippen MR) is 147 cm³/mol. The number of para-hydroxylation sites is 1. The Morgan fingerprint density at radius 1 is 0.900 bits per heavy atom. The van der Waals surface area contributed by atoms with Gasteiger partial charge >= 0.3 is 0 Å². The molecule has 4 aliphatic rings. The van der Waals surface area contributed by atoms with Crippen molar-refractivity contribution in [3.63, 3.8) is 0 Å². The van der Waals surface area contributed by atoms with Crippen molar-refractivity contribution in [2.75, 3.05) is 17.2 Å². The fraction of sp³-hybridized carbons (Fsp3) is 0.367. The number of fused-ring (bicyclic) bond motifs is 1. The van der Waals surface area contributed by atoms with Crippen LogP contribution in [-0.2, 0) is 9.59 Å². The van der Waals surface area contributed by atoms with Crippen molar-refractivity contribution in [3.05, 3.63) is 71.5 Å². The van der Waals surface area contributed by atoms with Crippen LogP contribution in [0.25, 0.3) is 0 Å². The fourth-order valence-electron chi connectivity index (χ4n) is 5.95. The number of aromatic nitrogens is 2. The molecular formula is C30H30N6O4. The Morgan fingerprint density at radius 2 is 1.68 bits per heavy atom. The van der Waals surface area contributed by atoms with Crippen LogP contribution in [0.1, 0.15) is 76.9 Å². The molecule has 10 nitrogen and oxygen atoms in total. The van der Waals surface area contributed by atoms with Gasteiger partial charge in [-0.1, -0.05) is 18.2 Å². The summed E-state index contributed by atoms with van der Waals surface area (Å²) in [6.45, 7) is 0.750. The average molecular weight is 539 g/mol. The SMILES string of the molecule is O=C1CCC(N2C(=O)c3ccc(NC[C@H]4C[C@H](n5cc(Nc6ccccc6)c(C6CC6)n5)C4)cc3C2=O)C(=O)N1. The van der Waals surface area contributed by atoms with Gasteiger partial charge in [-0.15, -0.1) is 0 Å². The van der Waals surface area contributed by atoms with Crippen molar-refractivity contribution in [1.29, 1.82) is 0 Å². The molecule has 4 amide bonds. The Morgan fingerprint density at radius 3 is 2.42 bits per heavy atom. The van der Waals surface area contributed by atoms with Gasteiger partial charge in [0.05, 0.1) is 28.6 Å². The molecule has 7 rings (SSSR count). The molecule has 1 aromatic heterocycles. The van der Waals surface area contributed by atoms with Gasteiger partial charge in [-0.05, 0) is 68.4 Å². The first-order chi connectivity index (χ1) is 19.4. The number of imide groups is 2. The number of rotatable bonds is 8. The maximum Gasteiger partial charge on any atom is 0.262 e. The van der Waals surface area contributed by atoms with Crippen molar-refractivity contribution < 1.29 is 19.2 Å². The molecule has 10 heteroatoms. The minimum atomic E-state index is -0.959. The minimum Gasteiger partial charge on any atom is -0.385 e. The van der Waals surface area contributed by atoms with Crippen molar-refractivity contribution in [2.24, 2.45) is 5.92 Å². The van der Waals surface area contributed by atoms with Gasteiger partial charge in [0.1, 0.15) is 6.04 Å². The number of piperidine rings is 1. The Hall–Kier alpha value is -4.47. The number of nitrogens with one attached hydrogen (secondary N) is 3. The number of hydrogen-bond acceptors (Lipinski definition) is 7. The largest absolute Gasteiger partial charge is 0.385 e. The third kappa shape index (κ3) is 4.43. The second-order valence-corrected chi connectivity index (χ2v) is 11.3. The van der Waals surface area contributed by atoms with Crippen LogP contribution in [0.4, 0.5) is 17.1 Å². The van der Waals surface area contributed by atoms with E-state index in [2.05, 4.69) is 39.0 Å². The molecule has 1 saturated heterocycles. The van der Waals surface area contributed by atoms with Gasteiger partial charge in [0.15, 0.2) is 0 Å². The summed E-state index contributed by atoms with van der Waals surface area (Å²) in [5.41, 5.74) is 4.66. The zero-order valence-corrected chi connectivity index (χ0v) is 21.9. The van der Waals surface area contributed by atoms with E-state index in [0.29, 0.717) is 17.9 Å². The smallest absolute Gasteiger partial charge is 0.262 e. The summed E-state index contributed by atoms with van der Waals surface area (Å²) < 4.78 is 2.12. The topological polar surface area (TPSA) is 125 Å². The number of nitrogens with zero attached hydrogens (tertiary/aromatic N) is 3. The normalized spacial score (nSPS) is 24.0. The molecule has 204 valence electrons. The van der Waals surface area contributed by atoms with Gasteiger partial charge < -0.3 is 10.6 Å². The van der Waals surface area contributed by atoms with Crippen LogP contribution in [0.3, 0.4) is 0 Å². The van der Waals surface area contributed by atoms with Crippen LogP contribution in [0, 0.1) is 5.92 Å². The first-order valence-corrected chi connectivity index (χ1v) is 13.9. The molecule has 1 unspecified atom stereocenters. The molecule has 3 fully saturated rings. The van der Waals surface area contributed by atoms with E-state index in [-0.39, 0.29) is 29.9 Å². The first kappa shape index (κ1) is 24.6. The number of hydrogen-bond donors (Lipinski definition) is 3. The highest BCUT2D eigenvalue weighted by Gasteiger charge is 2.44. The first-order valence-electron chi connectivity index (χ1n) is 13.9. The Labute approximate surface area is 231 Å². The summed E-state index contributed by atoms with van der Waals surface area (Å²) >= 11 is 0. The Kier molecular flexibility index (Phi) is 5.91. The molecule has 40 heavy (non-hydrogen) atoms. The predicted octanol–water partition coefficient (Wildman–Crippen LogP) is 3.97. The van der Waals surface area contributed by atoms with Gasteiger partial charge in [0, 0.05) is 36.5 Å². The van der Waals surface area contributed by atoms with E-state index >= 15 is 0 Å². The zero-order valence-electron chi connectivity index (χ0n) is 21.9. The van der Waals surface area contributed by atoms with Crippen LogP contribution in [0.2, 0.25) is 0 Å². The molecule has 3 heterocycles. The average Bonchev–Trinajstić information content (AvgIpc) is 3.64. The number of anilines is 3. The van der Waals surface area contributed by atoms with Gasteiger partial charge in [0.25, 0.3) is 11.8 Å². The van der Waals surface area contributed by atoms with Crippen molar-refractivity contribution in [2.45, 2.75) is 56.5 Å². The lowest BCUT2D eigenvalue weighted by atomic mass is 9.80. The van der Waals surface area contributed by atoms with E-state index in [1.807, 2.05) is 18.2 Å². The van der Waals surface area contributed by atoms with E-state index in [1.54, 1.807) is 18.2 Å². The van der Waals surface area contributed by atoms with E-state index in [0.717, 1.165) is 47.0 Å². The van der Waals surface area contributed by atoms with Crippen molar-refractivity contribution in [1.82, 2.24) is 20.0 Å². The highest BCUT2D eigenvalue weighted by Crippen LogP contribution is 2.45. The molecule has 0 spiro atoms. The van der Waals surface area contributed by atoms with Crippen LogP contribution in [0.15, 0.2) is 54.7 Å². The molecular weight excluding hydrogens is 508 g/mol. The van der Waals surface area contributed by atoms with Gasteiger partial charge in [-0.3, -0.25) is 34.1 Å². The second kappa shape index (κ2) is 9.62. The summed E-state index contributed by atoms with van der Waals surface area (Å²) in [5.74, 6) is -0.962. The maximum absolute atomic E-state index is 13.1. The third-order valence-electron chi connectivity index (χ3n) is 8.40. The quantitative estimate of drug-likeness (QED) is 0.371. The molecule has 3 N–H and O–H groups in total. The standard InChI is InChI=1S/C30H30N6O4/c37-26-11-10-25(28(38)33-26)36-29(39)22-9-8-20(14-23(22)30(36)40)31-15-17-12-21(13-17)35-16-24(27(34-35)18-6-7-18)32-19-4-2-1-3-5-19/h1-5,8-9,14,16-18,21,25,31-32H,6-7,10-13,15H2,(H,33,37,38)/t17-,21-,25?. The fourth-order valence-corrected chi connectivity index (χ4v) is 5.95. The monoisotopic (exact) mass is 538 g/mol. The summed E-state index contributed by atoms with van der Waals surface area (Å²) in [7, 11) is 0. The zero-order chi connectivity index (χ0) is 27.4. The summed E-state index contributed by atoms with van der Waals surface area (Å²) in [6, 6.07) is 14.7. The van der Waals surface area contributed by atoms with Gasteiger partial charge in [-0.2, -0.15) is 5.10 Å². The van der Waals surface area contributed by atoms with E-state index in [4.69, 9.17) is 5.10 Å². The molecule has 2 aromatic carbocycles. The van der Waals surface area contributed by atoms with Crippen molar-refractivity contribution in [3.8, 4) is 0 Å². The summed E-state index contributed by atoms with van der Waals surface area (Å²) in [6.07, 6.45) is 6.79. The lowest BCUT2D eigenvalue weighted by molar-refractivity contribution is -0.136. The Bertz CT molecular complexity index is 1520. The molecule has 3 aromatic rings. The molecule has 1 atom stereocenters. The third-order valence-corrected chi connectivity index (χ3v) is 8.40. The van der Waals surface area contributed by atoms with E-state index in [9.17, 15) is 19.2 Å². The number of carbonyl (C=O) groups is 4. The molecule has 2 aliphatic heterocycles. The second-order valence-electron chi connectivity index (χ2n) is 11.3. The number of amides is 4. The summed E-state index contributed by atoms with van der Waals surface area (Å²) in [4.78, 5) is 50.8. The molecule has 0 bridgehead atoms. The highest BCUT2D eigenvalue weighted by atomic mass is 16.2.